The molecule has 26 heavy (non-hydrogen) atoms. The van der Waals surface area contributed by atoms with Crippen molar-refractivity contribution in [3.05, 3.63) is 52.2 Å². The first kappa shape index (κ1) is 19.1. The summed E-state index contributed by atoms with van der Waals surface area (Å²) in [6.07, 6.45) is 6.18. The molecule has 2 aromatic rings. The summed E-state index contributed by atoms with van der Waals surface area (Å²) >= 11 is 6.11. The molecule has 0 bridgehead atoms. The van der Waals surface area contributed by atoms with E-state index in [9.17, 15) is 4.39 Å². The Bertz CT molecular complexity index is 745. The van der Waals surface area contributed by atoms with E-state index in [1.54, 1.807) is 6.07 Å². The zero-order valence-electron chi connectivity index (χ0n) is 15.4. The molecule has 1 aliphatic rings. The second-order valence-electron chi connectivity index (χ2n) is 6.89. The highest BCUT2D eigenvalue weighted by atomic mass is 35.5. The molecule has 0 amide bonds. The third-order valence-electron chi connectivity index (χ3n) is 4.87. The molecule has 0 saturated carbocycles. The normalized spacial score (nSPS) is 15.5. The molecule has 0 aliphatic carbocycles. The molecule has 1 N–H and O–H groups in total. The Morgan fingerprint density at radius 2 is 2.04 bits per heavy atom. The van der Waals surface area contributed by atoms with Gasteiger partial charge in [-0.05, 0) is 43.9 Å². The van der Waals surface area contributed by atoms with Gasteiger partial charge >= 0.3 is 0 Å². The van der Waals surface area contributed by atoms with Crippen LogP contribution in [0.3, 0.4) is 0 Å². The van der Waals surface area contributed by atoms with Crippen molar-refractivity contribution >= 4 is 17.4 Å². The summed E-state index contributed by atoms with van der Waals surface area (Å²) in [6, 6.07) is 5.01. The SMILES string of the molecule is CCCc1cnc(C)nc1N1CCC(NCc2ccc(F)cc2Cl)CC1. The van der Waals surface area contributed by atoms with Gasteiger partial charge < -0.3 is 10.2 Å². The predicted molar refractivity (Wildman–Crippen MR) is 104 cm³/mol. The monoisotopic (exact) mass is 376 g/mol. The Morgan fingerprint density at radius 1 is 1.27 bits per heavy atom. The maximum Gasteiger partial charge on any atom is 0.135 e. The summed E-state index contributed by atoms with van der Waals surface area (Å²) in [7, 11) is 0. The maximum absolute atomic E-state index is 13.1. The lowest BCUT2D eigenvalue weighted by Crippen LogP contribution is -2.43. The van der Waals surface area contributed by atoms with Crippen molar-refractivity contribution in [2.75, 3.05) is 18.0 Å². The second-order valence-corrected chi connectivity index (χ2v) is 7.30. The average Bonchev–Trinajstić information content (AvgIpc) is 2.63. The van der Waals surface area contributed by atoms with Gasteiger partial charge in [-0.2, -0.15) is 0 Å². The summed E-state index contributed by atoms with van der Waals surface area (Å²) in [6.45, 7) is 6.74. The van der Waals surface area contributed by atoms with Gasteiger partial charge in [0, 0.05) is 42.5 Å². The second kappa shape index (κ2) is 8.78. The quantitative estimate of drug-likeness (QED) is 0.816. The summed E-state index contributed by atoms with van der Waals surface area (Å²) in [5, 5.41) is 4.04. The lowest BCUT2D eigenvalue weighted by molar-refractivity contribution is 0.412. The van der Waals surface area contributed by atoms with Crippen LogP contribution >= 0.6 is 11.6 Å². The Labute approximate surface area is 159 Å². The molecule has 6 heteroatoms. The van der Waals surface area contributed by atoms with Crippen LogP contribution in [0.5, 0.6) is 0 Å². The van der Waals surface area contributed by atoms with Crippen molar-refractivity contribution < 1.29 is 4.39 Å². The minimum Gasteiger partial charge on any atom is -0.356 e. The number of benzene rings is 1. The highest BCUT2D eigenvalue weighted by Crippen LogP contribution is 2.24. The first-order valence-electron chi connectivity index (χ1n) is 9.31. The fourth-order valence-corrected chi connectivity index (χ4v) is 3.65. The molecule has 0 radical (unpaired) electrons. The van der Waals surface area contributed by atoms with Crippen LogP contribution in [0.4, 0.5) is 10.2 Å². The number of piperidine rings is 1. The number of hydrogen-bond acceptors (Lipinski definition) is 4. The van der Waals surface area contributed by atoms with Gasteiger partial charge in [0.2, 0.25) is 0 Å². The molecule has 1 saturated heterocycles. The zero-order valence-corrected chi connectivity index (χ0v) is 16.2. The summed E-state index contributed by atoms with van der Waals surface area (Å²) < 4.78 is 13.1. The predicted octanol–water partition coefficient (Wildman–Crippen LogP) is 4.29. The lowest BCUT2D eigenvalue weighted by atomic mass is 10.0. The van der Waals surface area contributed by atoms with Crippen LogP contribution in [0, 0.1) is 12.7 Å². The maximum atomic E-state index is 13.1. The van der Waals surface area contributed by atoms with E-state index in [1.165, 1.54) is 17.7 Å². The van der Waals surface area contributed by atoms with Gasteiger partial charge in [0.15, 0.2) is 0 Å². The van der Waals surface area contributed by atoms with Crippen molar-refractivity contribution in [3.8, 4) is 0 Å². The van der Waals surface area contributed by atoms with Gasteiger partial charge in [0.25, 0.3) is 0 Å². The molecule has 0 atom stereocenters. The first-order valence-corrected chi connectivity index (χ1v) is 9.69. The number of rotatable bonds is 6. The highest BCUT2D eigenvalue weighted by Gasteiger charge is 2.22. The van der Waals surface area contributed by atoms with Crippen LogP contribution in [-0.4, -0.2) is 29.1 Å². The summed E-state index contributed by atoms with van der Waals surface area (Å²) in [4.78, 5) is 11.4. The van der Waals surface area contributed by atoms with Gasteiger partial charge in [0.05, 0.1) is 0 Å². The molecular weight excluding hydrogens is 351 g/mol. The molecular formula is C20H26ClFN4. The molecule has 0 unspecified atom stereocenters. The van der Waals surface area contributed by atoms with Gasteiger partial charge in [-0.15, -0.1) is 0 Å². The van der Waals surface area contributed by atoms with Crippen molar-refractivity contribution in [2.24, 2.45) is 0 Å². The van der Waals surface area contributed by atoms with Gasteiger partial charge in [0.1, 0.15) is 17.5 Å². The lowest BCUT2D eigenvalue weighted by Gasteiger charge is -2.34. The van der Waals surface area contributed by atoms with Crippen molar-refractivity contribution in [1.82, 2.24) is 15.3 Å². The molecule has 0 spiro atoms. The molecule has 1 aromatic heterocycles. The fraction of sp³-hybridized carbons (Fsp3) is 0.500. The van der Waals surface area contributed by atoms with E-state index in [0.717, 1.165) is 56.0 Å². The molecule has 1 aromatic carbocycles. The molecule has 1 fully saturated rings. The summed E-state index contributed by atoms with van der Waals surface area (Å²) in [5.41, 5.74) is 2.18. The van der Waals surface area contributed by atoms with Crippen molar-refractivity contribution in [1.29, 1.82) is 0 Å². The van der Waals surface area contributed by atoms with E-state index in [0.29, 0.717) is 17.6 Å². The number of nitrogens with zero attached hydrogens (tertiary/aromatic N) is 3. The molecule has 2 heterocycles. The van der Waals surface area contributed by atoms with Gasteiger partial charge in [-0.25, -0.2) is 14.4 Å². The van der Waals surface area contributed by atoms with Crippen molar-refractivity contribution in [3.63, 3.8) is 0 Å². The van der Waals surface area contributed by atoms with Crippen LogP contribution in [0.2, 0.25) is 5.02 Å². The number of aromatic nitrogens is 2. The van der Waals surface area contributed by atoms with Crippen LogP contribution in [0.15, 0.2) is 24.4 Å². The van der Waals surface area contributed by atoms with Crippen LogP contribution in [-0.2, 0) is 13.0 Å². The van der Waals surface area contributed by atoms with Gasteiger partial charge in [-0.1, -0.05) is 31.0 Å². The highest BCUT2D eigenvalue weighted by molar-refractivity contribution is 6.31. The smallest absolute Gasteiger partial charge is 0.135 e. The van der Waals surface area contributed by atoms with E-state index >= 15 is 0 Å². The molecule has 3 rings (SSSR count). The van der Waals surface area contributed by atoms with E-state index in [1.807, 2.05) is 13.1 Å². The zero-order chi connectivity index (χ0) is 18.5. The Balaban J connectivity index is 1.57. The Hall–Kier alpha value is -1.72. The summed E-state index contributed by atoms with van der Waals surface area (Å²) in [5.74, 6) is 1.63. The third-order valence-corrected chi connectivity index (χ3v) is 5.22. The van der Waals surface area contributed by atoms with E-state index in [-0.39, 0.29) is 5.82 Å². The van der Waals surface area contributed by atoms with Crippen LogP contribution < -0.4 is 10.2 Å². The minimum absolute atomic E-state index is 0.296. The van der Waals surface area contributed by atoms with E-state index in [2.05, 4.69) is 22.1 Å². The first-order chi connectivity index (χ1) is 12.6. The molecule has 1 aliphatic heterocycles. The number of nitrogens with one attached hydrogen (secondary N) is 1. The topological polar surface area (TPSA) is 41.1 Å². The fourth-order valence-electron chi connectivity index (χ4n) is 3.42. The Kier molecular flexibility index (Phi) is 6.43. The van der Waals surface area contributed by atoms with Crippen LogP contribution in [0.1, 0.15) is 43.1 Å². The molecule has 4 nitrogen and oxygen atoms in total. The third kappa shape index (κ3) is 4.71. The van der Waals surface area contributed by atoms with E-state index in [4.69, 9.17) is 16.6 Å². The number of halogens is 2. The minimum atomic E-state index is -0.296. The number of hydrogen-bond donors (Lipinski definition) is 1. The van der Waals surface area contributed by atoms with Gasteiger partial charge in [-0.3, -0.25) is 0 Å². The van der Waals surface area contributed by atoms with Crippen LogP contribution in [0.25, 0.3) is 0 Å². The Morgan fingerprint density at radius 3 is 2.73 bits per heavy atom. The number of aryl methyl sites for hydroxylation is 2. The molecule has 140 valence electrons. The average molecular weight is 377 g/mol. The standard InChI is InChI=1S/C20H26ClFN4/c1-3-4-16-13-23-14(2)25-20(16)26-9-7-18(8-10-26)24-12-15-5-6-17(22)11-19(15)21/h5-6,11,13,18,24H,3-4,7-10,12H2,1-2H3. The largest absolute Gasteiger partial charge is 0.356 e. The number of anilines is 1. The van der Waals surface area contributed by atoms with E-state index < -0.39 is 0 Å². The van der Waals surface area contributed by atoms with Crippen molar-refractivity contribution in [2.45, 2.75) is 52.1 Å².